The van der Waals surface area contributed by atoms with Gasteiger partial charge in [0, 0.05) is 11.3 Å². The van der Waals surface area contributed by atoms with Crippen LogP contribution in [0.4, 0.5) is 23.7 Å². The minimum atomic E-state index is -5.23. The number of alkyl halides is 3. The molecule has 0 aliphatic carbocycles. The lowest BCUT2D eigenvalue weighted by molar-refractivity contribution is -0.224. The Labute approximate surface area is 109 Å². The van der Waals surface area contributed by atoms with E-state index in [4.69, 9.17) is 5.73 Å². The van der Waals surface area contributed by atoms with Gasteiger partial charge in [0.25, 0.3) is 0 Å². The number of halogens is 3. The van der Waals surface area contributed by atoms with E-state index in [1.165, 1.54) is 24.3 Å². The number of rotatable bonds is 2. The molecule has 1 atom stereocenters. The van der Waals surface area contributed by atoms with Crippen molar-refractivity contribution in [2.24, 2.45) is 0 Å². The second kappa shape index (κ2) is 4.56. The summed E-state index contributed by atoms with van der Waals surface area (Å²) in [5, 5.41) is 1.94. The highest BCUT2D eigenvalue weighted by atomic mass is 19.4. The topological polar surface area (TPSA) is 103 Å². The first-order valence-corrected chi connectivity index (χ1v) is 5.15. The Morgan fingerprint density at radius 1 is 1.40 bits per heavy atom. The van der Waals surface area contributed by atoms with Gasteiger partial charge in [-0.05, 0) is 12.1 Å². The van der Waals surface area contributed by atoms with Gasteiger partial charge < -0.3 is 15.3 Å². The van der Waals surface area contributed by atoms with Crippen LogP contribution in [0.2, 0.25) is 0 Å². The Balaban J connectivity index is 2.37. The lowest BCUT2D eigenvalue weighted by atomic mass is 10.1. The first kappa shape index (κ1) is 13.9. The molecule has 1 saturated heterocycles. The van der Waals surface area contributed by atoms with Gasteiger partial charge in [0.15, 0.2) is 0 Å². The van der Waals surface area contributed by atoms with Crippen LogP contribution in [0.15, 0.2) is 24.3 Å². The van der Waals surface area contributed by atoms with Gasteiger partial charge in [-0.2, -0.15) is 13.2 Å². The van der Waals surface area contributed by atoms with Crippen molar-refractivity contribution >= 4 is 17.7 Å². The zero-order chi connectivity index (χ0) is 15.0. The fraction of sp³-hybridized carbons (Fsp3) is 0.200. The predicted molar refractivity (Wildman–Crippen MR) is 57.4 cm³/mol. The summed E-state index contributed by atoms with van der Waals surface area (Å²) in [5.74, 6) is -4.79. The Kier molecular flexibility index (Phi) is 3.18. The van der Waals surface area contributed by atoms with E-state index in [2.05, 4.69) is 9.57 Å². The summed E-state index contributed by atoms with van der Waals surface area (Å²) in [6.45, 7) is 0. The minimum absolute atomic E-state index is 0.0408. The Morgan fingerprint density at radius 3 is 2.60 bits per heavy atom. The number of amides is 1. The first-order valence-electron chi connectivity index (χ1n) is 5.15. The number of carbonyl (C=O) groups excluding carboxylic acids is 2. The number of hydroxylamine groups is 1. The van der Waals surface area contributed by atoms with Gasteiger partial charge in [-0.1, -0.05) is 17.6 Å². The van der Waals surface area contributed by atoms with E-state index < -0.39 is 24.1 Å². The zero-order valence-corrected chi connectivity index (χ0v) is 9.65. The van der Waals surface area contributed by atoms with Gasteiger partial charge in [-0.25, -0.2) is 9.59 Å². The van der Waals surface area contributed by atoms with E-state index in [-0.39, 0.29) is 11.3 Å². The number of nitrogen functional groups attached to an aromatic ring is 1. The monoisotopic (exact) mass is 291 g/mol. The lowest BCUT2D eigenvalue weighted by Crippen LogP contribution is -2.52. The van der Waals surface area contributed by atoms with Crippen LogP contribution < -0.4 is 16.5 Å². The van der Waals surface area contributed by atoms with Gasteiger partial charge in [-0.15, -0.1) is 0 Å². The molecule has 0 aromatic heterocycles. The quantitative estimate of drug-likeness (QED) is 0.548. The number of nitrogens with two attached hydrogens (primary N) is 1. The maximum atomic E-state index is 12.3. The van der Waals surface area contributed by atoms with Crippen molar-refractivity contribution in [3.05, 3.63) is 29.8 Å². The van der Waals surface area contributed by atoms with Crippen LogP contribution in [0.5, 0.6) is 0 Å². The second-order valence-electron chi connectivity index (χ2n) is 3.81. The van der Waals surface area contributed by atoms with Crippen molar-refractivity contribution in [2.45, 2.75) is 12.0 Å². The molecule has 4 N–H and O–H groups in total. The molecule has 1 amide bonds. The summed E-state index contributed by atoms with van der Waals surface area (Å²) >= 11 is 0. The van der Waals surface area contributed by atoms with Crippen LogP contribution in [-0.4, -0.2) is 18.2 Å². The predicted octanol–water partition coefficient (Wildman–Crippen LogP) is 0.729. The summed E-state index contributed by atoms with van der Waals surface area (Å²) in [6, 6.07) is 5.37. The van der Waals surface area contributed by atoms with Gasteiger partial charge in [0.1, 0.15) is 0 Å². The fourth-order valence-electron chi connectivity index (χ4n) is 1.50. The highest BCUT2D eigenvalue weighted by molar-refractivity contribution is 5.77. The van der Waals surface area contributed by atoms with E-state index in [0.717, 1.165) is 0 Å². The molecule has 1 fully saturated rings. The molecule has 0 bridgehead atoms. The molecule has 1 aromatic carbocycles. The normalized spacial score (nSPS) is 22.1. The molecule has 1 aliphatic rings. The summed E-state index contributed by atoms with van der Waals surface area (Å²) in [7, 11) is 0. The summed E-state index contributed by atoms with van der Waals surface area (Å²) in [6.07, 6.45) is -6.34. The van der Waals surface area contributed by atoms with E-state index in [0.29, 0.717) is 0 Å². The smallest absolute Gasteiger partial charge is 0.411 e. The molecule has 1 aliphatic heterocycles. The molecule has 1 unspecified atom stereocenters. The number of benzene rings is 1. The van der Waals surface area contributed by atoms with Gasteiger partial charge >= 0.3 is 24.1 Å². The van der Waals surface area contributed by atoms with Crippen LogP contribution in [0, 0.1) is 0 Å². The standard InChI is InChI=1S/C10H8F3N3O4/c11-9(12,13)7(17)19-10(15-8(18)20-16-10)5-2-1-3-6(14)4-5/h1-4,16H,14H2,(H,15,18). The van der Waals surface area contributed by atoms with Crippen molar-refractivity contribution < 1.29 is 32.3 Å². The number of nitrogens with one attached hydrogen (secondary N) is 2. The molecule has 2 rings (SSSR count). The fourth-order valence-corrected chi connectivity index (χ4v) is 1.50. The molecular formula is C10H8F3N3O4. The molecule has 1 aromatic rings. The van der Waals surface area contributed by atoms with Crippen LogP contribution in [0.3, 0.4) is 0 Å². The van der Waals surface area contributed by atoms with Crippen molar-refractivity contribution in [2.75, 3.05) is 5.73 Å². The molecule has 7 nitrogen and oxygen atoms in total. The maximum Gasteiger partial charge on any atom is 0.491 e. The summed E-state index contributed by atoms with van der Waals surface area (Å²) in [4.78, 5) is 26.3. The molecular weight excluding hydrogens is 283 g/mol. The van der Waals surface area contributed by atoms with E-state index in [1.54, 1.807) is 0 Å². The van der Waals surface area contributed by atoms with Crippen molar-refractivity contribution in [3.63, 3.8) is 0 Å². The average Bonchev–Trinajstić information content (AvgIpc) is 2.71. The maximum absolute atomic E-state index is 12.3. The van der Waals surface area contributed by atoms with Crippen LogP contribution in [-0.2, 0) is 20.2 Å². The van der Waals surface area contributed by atoms with Crippen molar-refractivity contribution in [3.8, 4) is 0 Å². The summed E-state index contributed by atoms with van der Waals surface area (Å²) < 4.78 is 41.1. The van der Waals surface area contributed by atoms with E-state index >= 15 is 0 Å². The summed E-state index contributed by atoms with van der Waals surface area (Å²) in [5.41, 5.74) is 7.55. The third kappa shape index (κ3) is 2.59. The van der Waals surface area contributed by atoms with Gasteiger partial charge in [-0.3, -0.25) is 5.32 Å². The number of carbonyl (C=O) groups is 2. The number of esters is 1. The highest BCUT2D eigenvalue weighted by Gasteiger charge is 2.51. The SMILES string of the molecule is Nc1cccc(C2(OC(=O)C(F)(F)F)NOC(=O)N2)c1. The number of hydrogen-bond acceptors (Lipinski definition) is 6. The van der Waals surface area contributed by atoms with Crippen LogP contribution in [0.25, 0.3) is 0 Å². The molecule has 0 saturated carbocycles. The number of ether oxygens (including phenoxy) is 1. The lowest BCUT2D eigenvalue weighted by Gasteiger charge is -2.27. The largest absolute Gasteiger partial charge is 0.491 e. The molecule has 20 heavy (non-hydrogen) atoms. The minimum Gasteiger partial charge on any atom is -0.411 e. The molecule has 10 heteroatoms. The Hall–Kier alpha value is -2.49. The van der Waals surface area contributed by atoms with Gasteiger partial charge in [0.05, 0.1) is 0 Å². The Bertz CT molecular complexity index is 563. The van der Waals surface area contributed by atoms with Crippen molar-refractivity contribution in [1.29, 1.82) is 0 Å². The van der Waals surface area contributed by atoms with Gasteiger partial charge in [0.2, 0.25) is 0 Å². The second-order valence-corrected chi connectivity index (χ2v) is 3.81. The highest BCUT2D eigenvalue weighted by Crippen LogP contribution is 2.28. The van der Waals surface area contributed by atoms with Crippen molar-refractivity contribution in [1.82, 2.24) is 10.8 Å². The van der Waals surface area contributed by atoms with Crippen LogP contribution >= 0.6 is 0 Å². The molecule has 1 heterocycles. The first-order chi connectivity index (χ1) is 9.23. The number of hydrogen-bond donors (Lipinski definition) is 3. The van der Waals surface area contributed by atoms with E-state index in [9.17, 15) is 22.8 Å². The molecule has 0 radical (unpaired) electrons. The third-order valence-corrected chi connectivity index (χ3v) is 2.34. The van der Waals surface area contributed by atoms with Crippen LogP contribution in [0.1, 0.15) is 5.56 Å². The van der Waals surface area contributed by atoms with E-state index in [1.807, 2.05) is 10.8 Å². The Morgan fingerprint density at radius 2 is 2.10 bits per heavy atom. The zero-order valence-electron chi connectivity index (χ0n) is 9.65. The third-order valence-electron chi connectivity index (χ3n) is 2.34. The molecule has 108 valence electrons. The average molecular weight is 291 g/mol. The molecule has 0 spiro atoms. The number of anilines is 1.